The predicted molar refractivity (Wildman–Crippen MR) is 74.7 cm³/mol. The van der Waals surface area contributed by atoms with Crippen LogP contribution in [-0.2, 0) is 6.54 Å². The third-order valence-electron chi connectivity index (χ3n) is 3.56. The minimum atomic E-state index is -0.244. The molecule has 18 heavy (non-hydrogen) atoms. The summed E-state index contributed by atoms with van der Waals surface area (Å²) in [6.07, 6.45) is 5.80. The van der Waals surface area contributed by atoms with Crippen molar-refractivity contribution >= 4 is 11.8 Å². The molecule has 0 aromatic heterocycles. The van der Waals surface area contributed by atoms with Gasteiger partial charge in [-0.15, -0.1) is 0 Å². The van der Waals surface area contributed by atoms with Crippen molar-refractivity contribution in [3.63, 3.8) is 0 Å². The van der Waals surface area contributed by atoms with Crippen LogP contribution in [0.2, 0.25) is 0 Å². The Morgan fingerprint density at radius 1 is 1.44 bits per heavy atom. The molecule has 0 heterocycles. The highest BCUT2D eigenvalue weighted by molar-refractivity contribution is 7.99. The van der Waals surface area contributed by atoms with Crippen LogP contribution in [0.25, 0.3) is 0 Å². The maximum atomic E-state index is 13.9. The lowest BCUT2D eigenvalue weighted by Gasteiger charge is -2.14. The Balaban J connectivity index is 1.91. The van der Waals surface area contributed by atoms with E-state index in [1.54, 1.807) is 6.07 Å². The van der Waals surface area contributed by atoms with Gasteiger partial charge in [0.05, 0.1) is 7.11 Å². The number of thioether (sulfide) groups is 1. The topological polar surface area (TPSA) is 21.3 Å². The summed E-state index contributed by atoms with van der Waals surface area (Å²) in [6.45, 7) is 0.578. The van der Waals surface area contributed by atoms with Crippen LogP contribution in [-0.4, -0.2) is 24.7 Å². The van der Waals surface area contributed by atoms with Crippen molar-refractivity contribution in [2.24, 2.45) is 0 Å². The number of nitrogens with one attached hydrogen (secondary N) is 1. The number of hydrogen-bond acceptors (Lipinski definition) is 3. The van der Waals surface area contributed by atoms with E-state index in [0.29, 0.717) is 23.9 Å². The molecule has 1 N–H and O–H groups in total. The molecule has 0 aliphatic heterocycles. The molecule has 1 saturated carbocycles. The summed E-state index contributed by atoms with van der Waals surface area (Å²) < 4.78 is 18.9. The van der Waals surface area contributed by atoms with E-state index in [0.717, 1.165) is 5.25 Å². The molecule has 2 atom stereocenters. The maximum absolute atomic E-state index is 13.9. The molecule has 0 spiro atoms. The average molecular weight is 269 g/mol. The second-order valence-corrected chi connectivity index (χ2v) is 5.82. The first-order chi connectivity index (χ1) is 8.74. The quantitative estimate of drug-likeness (QED) is 0.887. The van der Waals surface area contributed by atoms with Crippen molar-refractivity contribution in [3.8, 4) is 5.75 Å². The standard InChI is InChI=1S/C14H20FNOS/c1-17-13-5-3-4-10(14(13)15)9-16-11-6-7-12(8-11)18-2/h3-5,11-12,16H,6-9H2,1-2H3. The van der Waals surface area contributed by atoms with E-state index in [1.165, 1.54) is 26.4 Å². The van der Waals surface area contributed by atoms with E-state index in [1.807, 2.05) is 23.9 Å². The van der Waals surface area contributed by atoms with Gasteiger partial charge in [0.1, 0.15) is 0 Å². The Morgan fingerprint density at radius 2 is 2.28 bits per heavy atom. The van der Waals surface area contributed by atoms with Gasteiger partial charge >= 0.3 is 0 Å². The molecule has 1 aromatic carbocycles. The van der Waals surface area contributed by atoms with Crippen molar-refractivity contribution in [2.45, 2.75) is 37.1 Å². The third-order valence-corrected chi connectivity index (χ3v) is 4.66. The lowest BCUT2D eigenvalue weighted by Crippen LogP contribution is -2.26. The van der Waals surface area contributed by atoms with Gasteiger partial charge in [0.15, 0.2) is 11.6 Å². The highest BCUT2D eigenvalue weighted by Gasteiger charge is 2.23. The second-order valence-electron chi connectivity index (χ2n) is 4.68. The Bertz CT molecular complexity index is 399. The molecule has 1 aromatic rings. The molecular weight excluding hydrogens is 249 g/mol. The molecule has 2 nitrogen and oxygen atoms in total. The van der Waals surface area contributed by atoms with Crippen molar-refractivity contribution in [2.75, 3.05) is 13.4 Å². The monoisotopic (exact) mass is 269 g/mol. The summed E-state index contributed by atoms with van der Waals surface area (Å²) in [5, 5.41) is 4.21. The van der Waals surface area contributed by atoms with E-state index in [4.69, 9.17) is 4.74 Å². The van der Waals surface area contributed by atoms with Crippen LogP contribution < -0.4 is 10.1 Å². The van der Waals surface area contributed by atoms with Crippen LogP contribution in [0.4, 0.5) is 4.39 Å². The molecule has 2 rings (SSSR count). The van der Waals surface area contributed by atoms with Crippen molar-refractivity contribution in [1.29, 1.82) is 0 Å². The molecule has 0 amide bonds. The van der Waals surface area contributed by atoms with Crippen LogP contribution in [0.15, 0.2) is 18.2 Å². The predicted octanol–water partition coefficient (Wildman–Crippen LogP) is 3.21. The van der Waals surface area contributed by atoms with Crippen molar-refractivity contribution in [3.05, 3.63) is 29.6 Å². The lowest BCUT2D eigenvalue weighted by molar-refractivity contribution is 0.382. The molecule has 4 heteroatoms. The van der Waals surface area contributed by atoms with E-state index >= 15 is 0 Å². The van der Waals surface area contributed by atoms with Gasteiger partial charge in [0.25, 0.3) is 0 Å². The first kappa shape index (κ1) is 13.7. The van der Waals surface area contributed by atoms with Gasteiger partial charge in [0.2, 0.25) is 0 Å². The van der Waals surface area contributed by atoms with Gasteiger partial charge in [-0.25, -0.2) is 4.39 Å². The second kappa shape index (κ2) is 6.43. The molecule has 2 unspecified atom stereocenters. The summed E-state index contributed by atoms with van der Waals surface area (Å²) in [7, 11) is 1.50. The molecule has 0 bridgehead atoms. The first-order valence-electron chi connectivity index (χ1n) is 6.32. The number of ether oxygens (including phenoxy) is 1. The molecule has 0 saturated heterocycles. The minimum Gasteiger partial charge on any atom is -0.494 e. The maximum Gasteiger partial charge on any atom is 0.169 e. The zero-order valence-corrected chi connectivity index (χ0v) is 11.7. The fraction of sp³-hybridized carbons (Fsp3) is 0.571. The number of halogens is 1. The lowest BCUT2D eigenvalue weighted by atomic mass is 10.1. The zero-order valence-electron chi connectivity index (χ0n) is 10.9. The van der Waals surface area contributed by atoms with Crippen molar-refractivity contribution < 1.29 is 9.13 Å². The molecular formula is C14H20FNOS. The van der Waals surface area contributed by atoms with Gasteiger partial charge in [-0.2, -0.15) is 11.8 Å². The number of methoxy groups -OCH3 is 1. The molecule has 100 valence electrons. The van der Waals surface area contributed by atoms with E-state index in [2.05, 4.69) is 11.6 Å². The Hall–Kier alpha value is -0.740. The molecule has 1 aliphatic carbocycles. The molecule has 0 radical (unpaired) electrons. The van der Waals surface area contributed by atoms with Crippen LogP contribution in [0, 0.1) is 5.82 Å². The highest BCUT2D eigenvalue weighted by Crippen LogP contribution is 2.28. The van der Waals surface area contributed by atoms with Crippen LogP contribution in [0.1, 0.15) is 24.8 Å². The zero-order chi connectivity index (χ0) is 13.0. The largest absolute Gasteiger partial charge is 0.494 e. The van der Waals surface area contributed by atoms with Crippen LogP contribution in [0.3, 0.4) is 0 Å². The fourth-order valence-electron chi connectivity index (χ4n) is 2.44. The Kier molecular flexibility index (Phi) is 4.89. The molecule has 1 aliphatic rings. The average Bonchev–Trinajstić information content (AvgIpc) is 2.85. The van der Waals surface area contributed by atoms with Crippen LogP contribution >= 0.6 is 11.8 Å². The summed E-state index contributed by atoms with van der Waals surface area (Å²) >= 11 is 1.93. The summed E-state index contributed by atoms with van der Waals surface area (Å²) in [5.74, 6) is 0.0784. The normalized spacial score (nSPS) is 23.3. The number of hydrogen-bond donors (Lipinski definition) is 1. The first-order valence-corrected chi connectivity index (χ1v) is 7.61. The number of rotatable bonds is 5. The Morgan fingerprint density at radius 3 is 2.94 bits per heavy atom. The third kappa shape index (κ3) is 3.18. The fourth-order valence-corrected chi connectivity index (χ4v) is 3.24. The summed E-state index contributed by atoms with van der Waals surface area (Å²) in [6, 6.07) is 5.82. The van der Waals surface area contributed by atoms with E-state index in [9.17, 15) is 4.39 Å². The van der Waals surface area contributed by atoms with Gasteiger partial charge in [-0.3, -0.25) is 0 Å². The van der Waals surface area contributed by atoms with Gasteiger partial charge in [0, 0.05) is 23.4 Å². The number of benzene rings is 1. The minimum absolute atomic E-state index is 0.244. The SMILES string of the molecule is COc1cccc(CNC2CCC(SC)C2)c1F. The smallest absolute Gasteiger partial charge is 0.169 e. The van der Waals surface area contributed by atoms with Gasteiger partial charge in [-0.05, 0) is 31.6 Å². The van der Waals surface area contributed by atoms with E-state index in [-0.39, 0.29) is 5.82 Å². The van der Waals surface area contributed by atoms with E-state index < -0.39 is 0 Å². The summed E-state index contributed by atoms with van der Waals surface area (Å²) in [5.41, 5.74) is 0.682. The molecule has 1 fully saturated rings. The van der Waals surface area contributed by atoms with Crippen LogP contribution in [0.5, 0.6) is 5.75 Å². The van der Waals surface area contributed by atoms with Crippen molar-refractivity contribution in [1.82, 2.24) is 5.32 Å². The van der Waals surface area contributed by atoms with Gasteiger partial charge in [-0.1, -0.05) is 12.1 Å². The van der Waals surface area contributed by atoms with Gasteiger partial charge < -0.3 is 10.1 Å². The highest BCUT2D eigenvalue weighted by atomic mass is 32.2. The summed E-state index contributed by atoms with van der Waals surface area (Å²) in [4.78, 5) is 0. The Labute approximate surface area is 112 Å².